The summed E-state index contributed by atoms with van der Waals surface area (Å²) >= 11 is 0. The normalized spacial score (nSPS) is 19.3. The lowest BCUT2D eigenvalue weighted by atomic mass is 9.98. The van der Waals surface area contributed by atoms with Crippen molar-refractivity contribution in [3.63, 3.8) is 0 Å². The first kappa shape index (κ1) is 34.7. The van der Waals surface area contributed by atoms with Crippen LogP contribution in [0.3, 0.4) is 0 Å². The largest absolute Gasteiger partial charge is 0.466 e. The van der Waals surface area contributed by atoms with Gasteiger partial charge in [-0.25, -0.2) is 0 Å². The first-order valence-electron chi connectivity index (χ1n) is 16.7. The molecule has 1 heterocycles. The Morgan fingerprint density at radius 3 is 1.72 bits per heavy atom. The SMILES string of the molecule is CCOC(=O)CC([C@@H]1O[C@H](C)OC[C@H]1O[Si](c1ccccc1)(c1ccccc1)C(C)(C)C)N(Cc1ccccc1)Cc1ccccc1. The van der Waals surface area contributed by atoms with Gasteiger partial charge in [-0.05, 0) is 40.4 Å². The molecule has 0 aromatic heterocycles. The van der Waals surface area contributed by atoms with Gasteiger partial charge in [0.15, 0.2) is 6.29 Å². The molecule has 47 heavy (non-hydrogen) atoms. The summed E-state index contributed by atoms with van der Waals surface area (Å²) < 4.78 is 26.2. The van der Waals surface area contributed by atoms with Crippen molar-refractivity contribution in [1.82, 2.24) is 4.90 Å². The van der Waals surface area contributed by atoms with Crippen molar-refractivity contribution in [2.45, 2.75) is 83.7 Å². The Morgan fingerprint density at radius 2 is 1.28 bits per heavy atom. The molecule has 0 bridgehead atoms. The zero-order valence-electron chi connectivity index (χ0n) is 28.4. The van der Waals surface area contributed by atoms with Crippen LogP contribution in [0.2, 0.25) is 5.04 Å². The predicted molar refractivity (Wildman–Crippen MR) is 190 cm³/mol. The van der Waals surface area contributed by atoms with Crippen LogP contribution in [-0.2, 0) is 36.5 Å². The average Bonchev–Trinajstić information content (AvgIpc) is 3.08. The van der Waals surface area contributed by atoms with Gasteiger partial charge in [-0.2, -0.15) is 0 Å². The fraction of sp³-hybridized carbons (Fsp3) is 0.375. The van der Waals surface area contributed by atoms with Crippen LogP contribution in [-0.4, -0.2) is 56.9 Å². The minimum absolute atomic E-state index is 0.158. The van der Waals surface area contributed by atoms with Crippen molar-refractivity contribution < 1.29 is 23.4 Å². The number of hydrogen-bond acceptors (Lipinski definition) is 6. The van der Waals surface area contributed by atoms with Crippen LogP contribution in [0.5, 0.6) is 0 Å². The van der Waals surface area contributed by atoms with Gasteiger partial charge in [-0.3, -0.25) is 9.69 Å². The molecule has 0 amide bonds. The first-order chi connectivity index (χ1) is 22.7. The second-order valence-electron chi connectivity index (χ2n) is 13.3. The number of benzene rings is 4. The Kier molecular flexibility index (Phi) is 11.8. The third kappa shape index (κ3) is 8.47. The Labute approximate surface area is 281 Å². The summed E-state index contributed by atoms with van der Waals surface area (Å²) in [5.74, 6) is -0.254. The fourth-order valence-electron chi connectivity index (χ4n) is 6.80. The molecule has 1 fully saturated rings. The van der Waals surface area contributed by atoms with E-state index in [4.69, 9.17) is 18.6 Å². The minimum Gasteiger partial charge on any atom is -0.466 e. The lowest BCUT2D eigenvalue weighted by Crippen LogP contribution is -2.70. The standard InChI is InChI=1S/C40H49NO5Si/c1-6-43-38(42)27-36(41(28-32-19-11-7-12-20-32)29-33-21-13-8-14-22-33)39-37(30-44-31(2)45-39)46-47(40(3,4)5,34-23-15-9-16-24-34)35-25-17-10-18-26-35/h7-26,31,36-37,39H,6,27-30H2,1-5H3/t31-,36?,37-,39+/m1/s1. The minimum atomic E-state index is -2.98. The Bertz CT molecular complexity index is 1430. The number of carbonyl (C=O) groups is 1. The van der Waals surface area contributed by atoms with Crippen molar-refractivity contribution in [2.75, 3.05) is 13.2 Å². The van der Waals surface area contributed by atoms with Crippen LogP contribution < -0.4 is 10.4 Å². The van der Waals surface area contributed by atoms with Gasteiger partial charge < -0.3 is 18.6 Å². The number of hydrogen-bond donors (Lipinski definition) is 0. The molecule has 4 atom stereocenters. The summed E-state index contributed by atoms with van der Waals surface area (Å²) in [6, 6.07) is 41.7. The molecule has 4 aromatic carbocycles. The lowest BCUT2D eigenvalue weighted by molar-refractivity contribution is -0.255. The van der Waals surface area contributed by atoms with Gasteiger partial charge in [-0.15, -0.1) is 0 Å². The molecule has 0 N–H and O–H groups in total. The van der Waals surface area contributed by atoms with Crippen LogP contribution in [0.4, 0.5) is 0 Å². The van der Waals surface area contributed by atoms with Crippen molar-refractivity contribution in [2.24, 2.45) is 0 Å². The molecule has 6 nitrogen and oxygen atoms in total. The Morgan fingerprint density at radius 1 is 0.809 bits per heavy atom. The van der Waals surface area contributed by atoms with E-state index in [2.05, 4.69) is 123 Å². The van der Waals surface area contributed by atoms with Crippen LogP contribution in [0.1, 0.15) is 52.2 Å². The van der Waals surface area contributed by atoms with Gasteiger partial charge in [0.1, 0.15) is 6.10 Å². The van der Waals surface area contributed by atoms with Gasteiger partial charge in [0.25, 0.3) is 8.32 Å². The number of esters is 1. The van der Waals surface area contributed by atoms with Gasteiger partial charge in [0.2, 0.25) is 0 Å². The van der Waals surface area contributed by atoms with Gasteiger partial charge in [0.05, 0.1) is 25.7 Å². The highest BCUT2D eigenvalue weighted by atomic mass is 28.4. The molecule has 7 heteroatoms. The third-order valence-corrected chi connectivity index (χ3v) is 14.0. The average molecular weight is 652 g/mol. The molecule has 0 saturated carbocycles. The van der Waals surface area contributed by atoms with E-state index >= 15 is 0 Å². The zero-order chi connectivity index (χ0) is 33.3. The van der Waals surface area contributed by atoms with Gasteiger partial charge in [-0.1, -0.05) is 142 Å². The molecule has 1 unspecified atom stereocenters. The van der Waals surface area contributed by atoms with E-state index in [9.17, 15) is 4.79 Å². The van der Waals surface area contributed by atoms with E-state index in [-0.39, 0.29) is 23.5 Å². The van der Waals surface area contributed by atoms with Crippen LogP contribution in [0.25, 0.3) is 0 Å². The maximum Gasteiger partial charge on any atom is 0.307 e. The van der Waals surface area contributed by atoms with E-state index < -0.39 is 26.8 Å². The van der Waals surface area contributed by atoms with Gasteiger partial charge in [0, 0.05) is 19.1 Å². The highest BCUT2D eigenvalue weighted by molar-refractivity contribution is 6.99. The second kappa shape index (κ2) is 16.0. The molecular formula is C40H49NO5Si. The van der Waals surface area contributed by atoms with E-state index in [1.165, 1.54) is 10.4 Å². The van der Waals surface area contributed by atoms with Crippen molar-refractivity contribution in [3.05, 3.63) is 132 Å². The second-order valence-corrected chi connectivity index (χ2v) is 17.5. The summed E-state index contributed by atoms with van der Waals surface area (Å²) in [5.41, 5.74) is 2.31. The summed E-state index contributed by atoms with van der Waals surface area (Å²) in [4.78, 5) is 15.8. The highest BCUT2D eigenvalue weighted by Gasteiger charge is 2.54. The molecule has 0 spiro atoms. The number of carbonyl (C=O) groups excluding carboxylic acids is 1. The van der Waals surface area contributed by atoms with E-state index in [1.54, 1.807) is 0 Å². The lowest BCUT2D eigenvalue weighted by Gasteiger charge is -2.50. The summed E-state index contributed by atoms with van der Waals surface area (Å²) in [7, 11) is -2.98. The molecule has 1 saturated heterocycles. The zero-order valence-corrected chi connectivity index (χ0v) is 29.4. The summed E-state index contributed by atoms with van der Waals surface area (Å²) in [5, 5.41) is 2.13. The van der Waals surface area contributed by atoms with Crippen LogP contribution in [0, 0.1) is 0 Å². The number of ether oxygens (including phenoxy) is 3. The van der Waals surface area contributed by atoms with Crippen molar-refractivity contribution in [3.8, 4) is 0 Å². The third-order valence-electron chi connectivity index (χ3n) is 8.94. The predicted octanol–water partition coefficient (Wildman–Crippen LogP) is 6.72. The monoisotopic (exact) mass is 651 g/mol. The van der Waals surface area contributed by atoms with Gasteiger partial charge >= 0.3 is 5.97 Å². The van der Waals surface area contributed by atoms with Crippen LogP contribution in [0.15, 0.2) is 121 Å². The molecule has 248 valence electrons. The van der Waals surface area contributed by atoms with Crippen molar-refractivity contribution >= 4 is 24.7 Å². The smallest absolute Gasteiger partial charge is 0.307 e. The van der Waals surface area contributed by atoms with Crippen LogP contribution >= 0.6 is 0 Å². The quantitative estimate of drug-likeness (QED) is 0.118. The Hall–Kier alpha value is -3.59. The molecule has 1 aliphatic rings. The van der Waals surface area contributed by atoms with E-state index in [0.717, 1.165) is 11.1 Å². The van der Waals surface area contributed by atoms with E-state index in [1.807, 2.05) is 38.1 Å². The maximum absolute atomic E-state index is 13.4. The topological polar surface area (TPSA) is 57.2 Å². The Balaban J connectivity index is 1.63. The number of rotatable bonds is 13. The molecule has 4 aromatic rings. The van der Waals surface area contributed by atoms with E-state index in [0.29, 0.717) is 26.3 Å². The summed E-state index contributed by atoms with van der Waals surface area (Å²) in [6.45, 7) is 12.5. The molecule has 1 aliphatic heterocycles. The van der Waals surface area contributed by atoms with Crippen molar-refractivity contribution in [1.29, 1.82) is 0 Å². The highest BCUT2D eigenvalue weighted by Crippen LogP contribution is 2.39. The summed E-state index contributed by atoms with van der Waals surface area (Å²) in [6.07, 6.45) is -1.23. The first-order valence-corrected chi connectivity index (χ1v) is 18.7. The molecule has 0 radical (unpaired) electrons. The fourth-order valence-corrected chi connectivity index (χ4v) is 11.5. The maximum atomic E-state index is 13.4. The molecule has 5 rings (SSSR count). The molecule has 0 aliphatic carbocycles. The number of nitrogens with zero attached hydrogens (tertiary/aromatic N) is 1. The molecular weight excluding hydrogens is 603 g/mol.